The van der Waals surface area contributed by atoms with Gasteiger partial charge in [-0.05, 0) is 71.7 Å². The van der Waals surface area contributed by atoms with Crippen molar-refractivity contribution in [3.63, 3.8) is 0 Å². The van der Waals surface area contributed by atoms with E-state index in [9.17, 15) is 32.7 Å². The Hall–Kier alpha value is -4.79. The number of thiophene rings is 1. The number of allylic oxidation sites excluding steroid dienone is 2. The first-order valence-electron chi connectivity index (χ1n) is 16.4. The first kappa shape index (κ1) is 35.3. The molecule has 1 saturated carbocycles. The van der Waals surface area contributed by atoms with Crippen molar-refractivity contribution in [2.45, 2.75) is 36.9 Å². The van der Waals surface area contributed by atoms with Crippen LogP contribution in [0.3, 0.4) is 0 Å². The third-order valence-corrected chi connectivity index (χ3v) is 12.2. The van der Waals surface area contributed by atoms with Gasteiger partial charge in [-0.25, -0.2) is 9.37 Å². The molecule has 2 aromatic carbocycles. The molecule has 2 saturated heterocycles. The maximum atomic E-state index is 15.3. The highest BCUT2D eigenvalue weighted by molar-refractivity contribution is 7.09. The van der Waals surface area contributed by atoms with E-state index in [0.717, 1.165) is 17.0 Å². The Bertz CT molecular complexity index is 2230. The van der Waals surface area contributed by atoms with Crippen molar-refractivity contribution in [3.8, 4) is 5.75 Å². The van der Waals surface area contributed by atoms with Crippen LogP contribution in [0.2, 0.25) is 10.0 Å². The summed E-state index contributed by atoms with van der Waals surface area (Å²) in [6.07, 6.45) is -2.43. The Kier molecular flexibility index (Phi) is 8.43. The van der Waals surface area contributed by atoms with Gasteiger partial charge in [-0.1, -0.05) is 59.1 Å². The number of aromatic nitrogens is 1. The van der Waals surface area contributed by atoms with Crippen molar-refractivity contribution in [1.29, 1.82) is 0 Å². The van der Waals surface area contributed by atoms with Crippen molar-refractivity contribution in [2.24, 2.45) is 23.7 Å². The monoisotopic (exact) mass is 784 g/mol. The number of imide groups is 2. The molecule has 16 heteroatoms. The molecule has 272 valence electrons. The molecule has 0 bridgehead atoms. The predicted molar refractivity (Wildman–Crippen MR) is 185 cm³/mol. The maximum absolute atomic E-state index is 15.3. The fourth-order valence-electron chi connectivity index (χ4n) is 8.64. The quantitative estimate of drug-likeness (QED) is 0.118. The second-order valence-corrected chi connectivity index (χ2v) is 15.3. The largest absolute Gasteiger partial charge is 0.505 e. The van der Waals surface area contributed by atoms with E-state index in [1.807, 2.05) is 17.5 Å². The molecular weight excluding hydrogens is 759 g/mol. The summed E-state index contributed by atoms with van der Waals surface area (Å²) in [6.45, 7) is 0.0745. The van der Waals surface area contributed by atoms with Gasteiger partial charge in [0.2, 0.25) is 11.8 Å². The minimum atomic E-state index is -4.77. The summed E-state index contributed by atoms with van der Waals surface area (Å²) in [6, 6.07) is 14.0. The number of nitrogens with zero attached hydrogens (tertiary/aromatic N) is 3. The number of amides is 4. The van der Waals surface area contributed by atoms with Crippen molar-refractivity contribution in [3.05, 3.63) is 121 Å². The fourth-order valence-corrected chi connectivity index (χ4v) is 9.67. The van der Waals surface area contributed by atoms with Gasteiger partial charge >= 0.3 is 6.18 Å². The van der Waals surface area contributed by atoms with Crippen LogP contribution in [0.1, 0.15) is 40.3 Å². The van der Waals surface area contributed by atoms with E-state index in [1.54, 1.807) is 18.2 Å². The molecule has 3 fully saturated rings. The van der Waals surface area contributed by atoms with Gasteiger partial charge in [0, 0.05) is 22.0 Å². The molecule has 4 aliphatic rings. The van der Waals surface area contributed by atoms with Crippen molar-refractivity contribution in [1.82, 2.24) is 14.9 Å². The van der Waals surface area contributed by atoms with Gasteiger partial charge in [0.15, 0.2) is 17.4 Å². The summed E-state index contributed by atoms with van der Waals surface area (Å²) < 4.78 is 55.5. The van der Waals surface area contributed by atoms with Gasteiger partial charge in [0.1, 0.15) is 0 Å². The molecule has 0 radical (unpaired) electrons. The number of rotatable bonds is 6. The van der Waals surface area contributed by atoms with Gasteiger partial charge in [-0.15, -0.1) is 11.3 Å². The van der Waals surface area contributed by atoms with Crippen molar-refractivity contribution in [2.75, 3.05) is 5.43 Å². The predicted octanol–water partition coefficient (Wildman–Crippen LogP) is 7.50. The average Bonchev–Trinajstić information content (AvgIpc) is 3.78. The summed E-state index contributed by atoms with van der Waals surface area (Å²) in [7, 11) is 0. The highest BCUT2D eigenvalue weighted by atomic mass is 35.5. The Balaban J connectivity index is 1.30. The molecule has 53 heavy (non-hydrogen) atoms. The number of aromatic hydroxyl groups is 1. The van der Waals surface area contributed by atoms with E-state index in [2.05, 4.69) is 10.4 Å². The number of benzene rings is 2. The number of pyridine rings is 1. The molecule has 6 unspecified atom stereocenters. The van der Waals surface area contributed by atoms with Crippen molar-refractivity contribution >= 4 is 64.0 Å². The number of phenolic OH excluding ortho intramolecular Hbond substituents is 1. The number of carbonyl (C=O) groups is 4. The van der Waals surface area contributed by atoms with E-state index >= 15 is 9.18 Å². The topological polar surface area (TPSA) is 120 Å². The Labute approximate surface area is 312 Å². The lowest BCUT2D eigenvalue weighted by Gasteiger charge is -2.50. The zero-order valence-corrected chi connectivity index (χ0v) is 29.4. The second-order valence-electron chi connectivity index (χ2n) is 13.5. The van der Waals surface area contributed by atoms with E-state index < -0.39 is 86.9 Å². The number of likely N-dealkylation sites (tertiary alicyclic amines) is 1. The van der Waals surface area contributed by atoms with Crippen LogP contribution >= 0.6 is 34.5 Å². The van der Waals surface area contributed by atoms with E-state index in [4.69, 9.17) is 23.2 Å². The number of nitrogens with one attached hydrogen (secondary N) is 1. The third-order valence-electron chi connectivity index (χ3n) is 10.8. The zero-order chi connectivity index (χ0) is 37.6. The Morgan fingerprint density at radius 1 is 0.981 bits per heavy atom. The van der Waals surface area contributed by atoms with Crippen LogP contribution in [0.4, 0.5) is 23.4 Å². The number of alkyl halides is 3. The highest BCUT2D eigenvalue weighted by Gasteiger charge is 2.70. The molecule has 8 rings (SSSR count). The summed E-state index contributed by atoms with van der Waals surface area (Å²) in [5, 5.41) is 12.5. The molecule has 9 nitrogen and oxygen atoms in total. The van der Waals surface area contributed by atoms with Crippen LogP contribution < -0.4 is 5.43 Å². The van der Waals surface area contributed by atoms with Crippen LogP contribution in [0, 0.1) is 29.5 Å². The standard InChI is InChI=1S/C37H26Cl2F4N4O5S/c38-20-6-4-18(5-7-20)36-25(33(50)47(35(36)52)45-31-26(39)13-19(15-44-31)37(41,42)43)14-24-22(30(36)17-3-10-28(48)27(40)12-17)8-9-23-29(24)34(51)46(32(23)49)16-21-2-1-11-53-21/h1-8,10-13,15,23-25,29-30,48H,9,14,16H2,(H,44,45). The highest BCUT2D eigenvalue weighted by Crippen LogP contribution is 2.64. The molecule has 4 aromatic rings. The van der Waals surface area contributed by atoms with Gasteiger partial charge < -0.3 is 5.11 Å². The molecule has 4 amide bonds. The summed E-state index contributed by atoms with van der Waals surface area (Å²) >= 11 is 13.9. The Morgan fingerprint density at radius 3 is 2.40 bits per heavy atom. The van der Waals surface area contributed by atoms with E-state index in [0.29, 0.717) is 33.4 Å². The SMILES string of the molecule is O=C1C2CC=C3C(CC4C(=O)N(Nc5ncc(C(F)(F)F)cc5Cl)C(=O)C4(c4ccc(Cl)cc4)C3c3ccc(O)c(F)c3)C2C(=O)N1Cc1cccs1. The molecule has 2 aliphatic heterocycles. The summed E-state index contributed by atoms with van der Waals surface area (Å²) in [5.41, 5.74) is 0.619. The molecule has 2 aromatic heterocycles. The number of carbonyl (C=O) groups excluding carboxylic acids is 4. The molecular formula is C37H26Cl2F4N4O5S. The van der Waals surface area contributed by atoms with Gasteiger partial charge in [0.05, 0.1) is 40.3 Å². The second kappa shape index (κ2) is 12.7. The first-order chi connectivity index (χ1) is 25.2. The lowest BCUT2D eigenvalue weighted by molar-refractivity contribution is -0.142. The fraction of sp³-hybridized carbons (Fsp3) is 0.270. The Morgan fingerprint density at radius 2 is 1.74 bits per heavy atom. The number of halogens is 6. The summed E-state index contributed by atoms with van der Waals surface area (Å²) in [4.78, 5) is 63.7. The smallest absolute Gasteiger partial charge is 0.417 e. The normalized spacial score (nSPS) is 26.8. The van der Waals surface area contributed by atoms with Crippen LogP contribution in [0.5, 0.6) is 5.75 Å². The number of phenols is 1. The molecule has 4 heterocycles. The van der Waals surface area contributed by atoms with Gasteiger partial charge in [-0.3, -0.25) is 29.5 Å². The number of fused-ring (bicyclic) bond motifs is 4. The van der Waals surface area contributed by atoms with Gasteiger partial charge in [-0.2, -0.15) is 18.2 Å². The summed E-state index contributed by atoms with van der Waals surface area (Å²) in [5.74, 6) is -9.27. The molecule has 2 aliphatic carbocycles. The number of hydrogen-bond acceptors (Lipinski definition) is 8. The molecule has 2 N–H and O–H groups in total. The molecule has 6 atom stereocenters. The number of anilines is 1. The molecule has 0 spiro atoms. The minimum absolute atomic E-state index is 0.0745. The lowest BCUT2D eigenvalue weighted by atomic mass is 9.49. The van der Waals surface area contributed by atoms with E-state index in [1.165, 1.54) is 34.4 Å². The lowest BCUT2D eigenvalue weighted by Crippen LogP contribution is -2.53. The van der Waals surface area contributed by atoms with Gasteiger partial charge in [0.25, 0.3) is 11.8 Å². The van der Waals surface area contributed by atoms with Crippen LogP contribution in [0.25, 0.3) is 0 Å². The average molecular weight is 786 g/mol. The number of hydrazine groups is 1. The van der Waals surface area contributed by atoms with E-state index in [-0.39, 0.29) is 30.9 Å². The van der Waals surface area contributed by atoms with Crippen LogP contribution in [-0.4, -0.2) is 43.6 Å². The van der Waals surface area contributed by atoms with Crippen LogP contribution in [0.15, 0.2) is 83.9 Å². The maximum Gasteiger partial charge on any atom is 0.417 e. The third kappa shape index (κ3) is 5.44. The number of hydrogen-bond donors (Lipinski definition) is 2. The zero-order valence-electron chi connectivity index (χ0n) is 27.1. The minimum Gasteiger partial charge on any atom is -0.505 e. The van der Waals surface area contributed by atoms with Crippen LogP contribution in [-0.2, 0) is 37.3 Å². The van der Waals surface area contributed by atoms with Crippen molar-refractivity contribution < 1.29 is 41.8 Å². The first-order valence-corrected chi connectivity index (χ1v) is 18.0.